The Morgan fingerprint density at radius 2 is 1.37 bits per heavy atom. The van der Waals surface area contributed by atoms with Crippen LogP contribution in [0.5, 0.6) is 0 Å². The molecule has 1 aromatic rings. The molecule has 1 N–H and O–H groups in total. The van der Waals surface area contributed by atoms with Crippen molar-refractivity contribution in [3.05, 3.63) is 22.8 Å². The van der Waals surface area contributed by atoms with E-state index in [4.69, 9.17) is 13.3 Å². The molecule has 0 spiro atoms. The van der Waals surface area contributed by atoms with Crippen molar-refractivity contribution in [2.24, 2.45) is 0 Å². The van der Waals surface area contributed by atoms with Gasteiger partial charge in [-0.1, -0.05) is 0 Å². The van der Waals surface area contributed by atoms with Crippen molar-refractivity contribution in [3.8, 4) is 0 Å². The Morgan fingerprint density at radius 3 is 1.67 bits per heavy atom. The lowest BCUT2D eigenvalue weighted by Gasteiger charge is -2.23. The van der Waals surface area contributed by atoms with Gasteiger partial charge < -0.3 is 17.4 Å². The maximum Gasteiger partial charge on any atom is 0.500 e. The van der Waals surface area contributed by atoms with Crippen molar-refractivity contribution in [1.82, 2.24) is 4.98 Å². The van der Waals surface area contributed by atoms with Gasteiger partial charge in [0.05, 0.1) is 6.54 Å². The highest BCUT2D eigenvalue weighted by atomic mass is 32.3. The third kappa shape index (κ3) is 8.47. The number of aromatic nitrogens is 2. The molecule has 1 aromatic heterocycles. The maximum atomic E-state index is 11.4. The molecule has 30 heavy (non-hydrogen) atoms. The highest BCUT2D eigenvalue weighted by Crippen LogP contribution is 2.36. The van der Waals surface area contributed by atoms with Crippen LogP contribution in [0.4, 0.5) is 26.3 Å². The minimum absolute atomic E-state index is 0.778. The molecule has 19 heteroatoms. The largest absolute Gasteiger partial charge is 0.500 e. The summed E-state index contributed by atoms with van der Waals surface area (Å²) in [5.41, 5.74) is -12.4. The molecule has 0 saturated carbocycles. The van der Waals surface area contributed by atoms with E-state index in [1.54, 1.807) is 21.3 Å². The third-order valence-electron chi connectivity index (χ3n) is 3.22. The number of sulfonamides is 2. The number of H-pyrrole nitrogens is 1. The number of nitrogens with one attached hydrogen (secondary N) is 1. The fourth-order valence-electron chi connectivity index (χ4n) is 1.71. The van der Waals surface area contributed by atoms with Crippen LogP contribution in [0.2, 0.25) is 6.04 Å². The number of imidazole rings is 1. The first-order valence-electron chi connectivity index (χ1n) is 7.51. The summed E-state index contributed by atoms with van der Waals surface area (Å²) in [6.45, 7) is 0.939. The molecule has 0 aliphatic heterocycles. The van der Waals surface area contributed by atoms with Crippen LogP contribution in [0.15, 0.2) is 18.7 Å². The van der Waals surface area contributed by atoms with E-state index in [0.29, 0.717) is 0 Å². The predicted molar refractivity (Wildman–Crippen MR) is 90.5 cm³/mol. The van der Waals surface area contributed by atoms with E-state index in [-0.39, 0.29) is 0 Å². The van der Waals surface area contributed by atoms with Gasteiger partial charge in [0.1, 0.15) is 12.4 Å². The molecule has 1 rings (SSSR count). The minimum Gasteiger partial charge on any atom is -0.421 e. The Kier molecular flexibility index (Phi) is 10.4. The van der Waals surface area contributed by atoms with Gasteiger partial charge in [-0.2, -0.15) is 26.3 Å². The number of aromatic amines is 1. The lowest BCUT2D eigenvalue weighted by Crippen LogP contribution is -2.43. The standard InChI is InChI=1S/C9H18N2O3Si.C2F6NO4S2/c1-12-15(13-2,14-3)8-4-6-11-7-5-10-9-11;3-1(4,5)14(10,11)9-15(12,13)2(6,7)8/h5,7,9H,4,6,8H2,1-3H3;/q;-1/p+1. The maximum absolute atomic E-state index is 11.4. The van der Waals surface area contributed by atoms with Crippen LogP contribution in [0.1, 0.15) is 6.42 Å². The van der Waals surface area contributed by atoms with Crippen molar-refractivity contribution in [3.63, 3.8) is 0 Å². The molecule has 1 heterocycles. The lowest BCUT2D eigenvalue weighted by molar-refractivity contribution is -0.695. The fourth-order valence-corrected chi connectivity index (χ4v) is 5.12. The second-order valence-corrected chi connectivity index (χ2v) is 11.7. The first-order chi connectivity index (χ1) is 13.5. The Hall–Kier alpha value is -1.25. The second kappa shape index (κ2) is 10.9. The average Bonchev–Trinajstić information content (AvgIpc) is 3.10. The number of hydrogen-bond acceptors (Lipinski definition) is 7. The van der Waals surface area contributed by atoms with E-state index in [2.05, 4.69) is 9.55 Å². The Morgan fingerprint density at radius 1 is 0.933 bits per heavy atom. The monoisotopic (exact) mass is 511 g/mol. The Labute approximate surface area is 169 Å². The lowest BCUT2D eigenvalue weighted by atomic mass is 10.5. The smallest absolute Gasteiger partial charge is 0.421 e. The van der Waals surface area contributed by atoms with Crippen LogP contribution >= 0.6 is 0 Å². The van der Waals surface area contributed by atoms with Gasteiger partial charge >= 0.3 is 19.8 Å². The van der Waals surface area contributed by atoms with Crippen molar-refractivity contribution in [1.29, 1.82) is 0 Å². The zero-order chi connectivity index (χ0) is 23.9. The second-order valence-electron chi connectivity index (χ2n) is 5.16. The minimum atomic E-state index is -6.72. The van der Waals surface area contributed by atoms with Gasteiger partial charge in [-0.15, -0.1) is 0 Å². The normalized spacial score (nSPS) is 13.6. The average molecular weight is 511 g/mol. The molecular formula is C11H19F6N3O7S2Si. The quantitative estimate of drug-likeness (QED) is 0.303. The van der Waals surface area contributed by atoms with Gasteiger partial charge in [-0.05, 0) is 6.42 Å². The fraction of sp³-hybridized carbons (Fsp3) is 0.727. The Bertz CT molecular complexity index is 789. The highest BCUT2D eigenvalue weighted by Gasteiger charge is 2.47. The van der Waals surface area contributed by atoms with E-state index >= 15 is 0 Å². The molecule has 10 nitrogen and oxygen atoms in total. The molecule has 0 aromatic carbocycles. The van der Waals surface area contributed by atoms with Crippen molar-refractivity contribution < 1.29 is 61.0 Å². The summed E-state index contributed by atoms with van der Waals surface area (Å²) in [5.74, 6) is 0. The molecule has 0 bridgehead atoms. The van der Waals surface area contributed by atoms with Gasteiger partial charge in [0.2, 0.25) is 6.33 Å². The third-order valence-corrected chi connectivity index (χ3v) is 8.79. The van der Waals surface area contributed by atoms with E-state index in [1.165, 1.54) is 0 Å². The van der Waals surface area contributed by atoms with Crippen LogP contribution in [0.25, 0.3) is 4.13 Å². The molecule has 0 aliphatic rings. The van der Waals surface area contributed by atoms with E-state index in [9.17, 15) is 43.2 Å². The van der Waals surface area contributed by atoms with Crippen molar-refractivity contribution >= 4 is 28.9 Å². The SMILES string of the molecule is CO[Si](CCC[n+]1cc[nH]c1)(OC)OC.O=S(=O)([N-]S(=O)(=O)C(F)(F)F)C(F)(F)F. The van der Waals surface area contributed by atoms with Crippen molar-refractivity contribution in [2.75, 3.05) is 21.3 Å². The van der Waals surface area contributed by atoms with Crippen LogP contribution in [-0.4, -0.2) is 63.0 Å². The first-order valence-corrected chi connectivity index (χ1v) is 12.3. The van der Waals surface area contributed by atoms with Gasteiger partial charge in [-0.25, -0.2) is 21.4 Å². The molecule has 178 valence electrons. The molecular weight excluding hydrogens is 492 g/mol. The number of aryl methyl sites for hydroxylation is 1. The van der Waals surface area contributed by atoms with Crippen LogP contribution < -0.4 is 4.57 Å². The summed E-state index contributed by atoms with van der Waals surface area (Å²) in [6.07, 6.45) is 6.79. The van der Waals surface area contributed by atoms with E-state index in [1.807, 2.05) is 18.7 Å². The summed E-state index contributed by atoms with van der Waals surface area (Å²) >= 11 is 0. The number of nitrogens with zero attached hydrogens (tertiary/aromatic N) is 2. The molecule has 0 radical (unpaired) electrons. The van der Waals surface area contributed by atoms with Gasteiger partial charge in [0.25, 0.3) is 0 Å². The molecule has 0 amide bonds. The summed E-state index contributed by atoms with van der Waals surface area (Å²) in [5, 5.41) is 0. The predicted octanol–water partition coefficient (Wildman–Crippen LogP) is 1.63. The molecule has 0 atom stereocenters. The summed E-state index contributed by atoms with van der Waals surface area (Å²) < 4.78 is 127. The number of alkyl halides is 6. The van der Waals surface area contributed by atoms with E-state index in [0.717, 1.165) is 23.1 Å². The molecule has 0 fully saturated rings. The van der Waals surface area contributed by atoms with E-state index < -0.39 is 39.9 Å². The number of halogens is 6. The van der Waals surface area contributed by atoms with Gasteiger partial charge in [-0.3, -0.25) is 4.98 Å². The molecule has 0 aliphatic carbocycles. The molecule has 0 unspecified atom stereocenters. The van der Waals surface area contributed by atoms with Crippen LogP contribution in [0, 0.1) is 0 Å². The van der Waals surface area contributed by atoms with Crippen LogP contribution in [-0.2, 0) is 39.9 Å². The number of rotatable bonds is 9. The van der Waals surface area contributed by atoms with Gasteiger partial charge in [0, 0.05) is 27.4 Å². The first kappa shape index (κ1) is 28.7. The highest BCUT2D eigenvalue weighted by molar-refractivity contribution is 8.13. The van der Waals surface area contributed by atoms with Crippen molar-refractivity contribution in [2.45, 2.75) is 30.0 Å². The summed E-state index contributed by atoms with van der Waals surface area (Å²) in [6, 6.07) is 0.828. The molecule has 0 saturated heterocycles. The zero-order valence-corrected chi connectivity index (χ0v) is 18.3. The number of hydrogen-bond donors (Lipinski definition) is 1. The van der Waals surface area contributed by atoms with Gasteiger partial charge in [0.15, 0.2) is 20.0 Å². The Balaban J connectivity index is 0.000000561. The summed E-state index contributed by atoms with van der Waals surface area (Å²) in [7, 11) is -10.9. The van der Waals surface area contributed by atoms with Crippen LogP contribution in [0.3, 0.4) is 0 Å². The zero-order valence-electron chi connectivity index (χ0n) is 15.7. The topological polar surface area (TPSA) is 130 Å². The summed E-state index contributed by atoms with van der Waals surface area (Å²) in [4.78, 5) is 3.00.